The molecule has 0 radical (unpaired) electrons. The lowest BCUT2D eigenvalue weighted by atomic mass is 10.3. The fourth-order valence-electron chi connectivity index (χ4n) is 1.79. The van der Waals surface area contributed by atoms with Crippen LogP contribution in [0.25, 0.3) is 11.0 Å². The van der Waals surface area contributed by atoms with E-state index in [9.17, 15) is 9.59 Å². The Morgan fingerprint density at radius 2 is 2.14 bits per heavy atom. The number of carboxylic acid groups (broad SMARTS) is 1. The molecule has 0 aliphatic heterocycles. The molecule has 21 heavy (non-hydrogen) atoms. The van der Waals surface area contributed by atoms with Crippen LogP contribution < -0.4 is 4.74 Å². The highest BCUT2D eigenvalue weighted by Gasteiger charge is 2.16. The third-order valence-electron chi connectivity index (χ3n) is 2.76. The molecule has 8 heteroatoms. The van der Waals surface area contributed by atoms with Crippen molar-refractivity contribution in [1.29, 1.82) is 0 Å². The van der Waals surface area contributed by atoms with Gasteiger partial charge in [-0.05, 0) is 12.1 Å². The molecule has 2 aromatic rings. The minimum Gasteiger partial charge on any atom is -0.497 e. The maximum atomic E-state index is 11.5. The summed E-state index contributed by atoms with van der Waals surface area (Å²) in [5.74, 6) is -0.895. The van der Waals surface area contributed by atoms with Crippen molar-refractivity contribution in [2.45, 2.75) is 11.7 Å². The van der Waals surface area contributed by atoms with Crippen LogP contribution in [0.1, 0.15) is 0 Å². The van der Waals surface area contributed by atoms with E-state index in [2.05, 4.69) is 9.72 Å². The lowest BCUT2D eigenvalue weighted by Gasteiger charge is -2.07. The zero-order valence-corrected chi connectivity index (χ0v) is 12.3. The Labute approximate surface area is 124 Å². The number of hydrogen-bond donors (Lipinski definition) is 1. The molecule has 2 rings (SSSR count). The summed E-state index contributed by atoms with van der Waals surface area (Å²) in [6.45, 7) is -0.0396. The van der Waals surface area contributed by atoms with Gasteiger partial charge in [-0.2, -0.15) is 0 Å². The van der Waals surface area contributed by atoms with Crippen LogP contribution >= 0.6 is 11.8 Å². The van der Waals surface area contributed by atoms with Crippen molar-refractivity contribution in [3.05, 3.63) is 18.2 Å². The number of benzene rings is 1. The molecule has 0 saturated heterocycles. The maximum Gasteiger partial charge on any atom is 0.325 e. The Hall–Kier alpha value is -2.22. The number of carbonyl (C=O) groups is 2. The lowest BCUT2D eigenvalue weighted by molar-refractivity contribution is -0.141. The van der Waals surface area contributed by atoms with E-state index in [1.165, 1.54) is 7.11 Å². The van der Waals surface area contributed by atoms with E-state index in [1.807, 2.05) is 0 Å². The van der Waals surface area contributed by atoms with E-state index in [-0.39, 0.29) is 12.3 Å². The molecule has 1 aromatic heterocycles. The predicted octanol–water partition coefficient (Wildman–Crippen LogP) is 1.39. The third kappa shape index (κ3) is 3.46. The Morgan fingerprint density at radius 1 is 1.38 bits per heavy atom. The number of rotatable bonds is 6. The second-order valence-electron chi connectivity index (χ2n) is 4.09. The van der Waals surface area contributed by atoms with Crippen LogP contribution in [-0.2, 0) is 20.9 Å². The third-order valence-corrected chi connectivity index (χ3v) is 3.72. The molecule has 0 bridgehead atoms. The Morgan fingerprint density at radius 3 is 2.76 bits per heavy atom. The first-order valence-corrected chi connectivity index (χ1v) is 6.99. The summed E-state index contributed by atoms with van der Waals surface area (Å²) in [6, 6.07) is 5.26. The normalized spacial score (nSPS) is 10.6. The number of imidazole rings is 1. The highest BCUT2D eigenvalue weighted by atomic mass is 32.2. The van der Waals surface area contributed by atoms with Crippen molar-refractivity contribution < 1.29 is 24.2 Å². The highest BCUT2D eigenvalue weighted by molar-refractivity contribution is 7.99. The Balaban J connectivity index is 2.46. The standard InChI is InChI=1S/C13H14N2O5S/c1-19-8-3-4-9-10(5-8)15(6-12(18)20-2)13(14-9)21-7-11(16)17/h3-5H,6-7H2,1-2H3,(H,16,17). The average molecular weight is 310 g/mol. The van der Waals surface area contributed by atoms with Crippen LogP contribution in [-0.4, -0.2) is 46.6 Å². The number of fused-ring (bicyclic) bond motifs is 1. The second-order valence-corrected chi connectivity index (χ2v) is 5.04. The monoisotopic (exact) mass is 310 g/mol. The first kappa shape index (κ1) is 15.2. The number of aromatic nitrogens is 2. The number of ether oxygens (including phenoxy) is 2. The smallest absolute Gasteiger partial charge is 0.325 e. The molecule has 112 valence electrons. The van der Waals surface area contributed by atoms with Crippen molar-refractivity contribution in [1.82, 2.24) is 9.55 Å². The van der Waals surface area contributed by atoms with E-state index in [1.54, 1.807) is 29.9 Å². The van der Waals surface area contributed by atoms with Gasteiger partial charge < -0.3 is 19.1 Å². The van der Waals surface area contributed by atoms with Crippen molar-refractivity contribution in [3.63, 3.8) is 0 Å². The first-order chi connectivity index (χ1) is 10.0. The molecule has 0 unspecified atom stereocenters. The maximum absolute atomic E-state index is 11.5. The summed E-state index contributed by atoms with van der Waals surface area (Å²) in [5.41, 5.74) is 1.35. The first-order valence-electron chi connectivity index (χ1n) is 6.01. The number of nitrogens with zero attached hydrogens (tertiary/aromatic N) is 2. The quantitative estimate of drug-likeness (QED) is 0.637. The van der Waals surface area contributed by atoms with Crippen LogP contribution in [0.15, 0.2) is 23.4 Å². The topological polar surface area (TPSA) is 90.7 Å². The van der Waals surface area contributed by atoms with E-state index in [4.69, 9.17) is 9.84 Å². The van der Waals surface area contributed by atoms with Gasteiger partial charge in [0.25, 0.3) is 0 Å². The SMILES string of the molecule is COC(=O)Cn1c(SCC(=O)O)nc2ccc(OC)cc21. The highest BCUT2D eigenvalue weighted by Crippen LogP contribution is 2.27. The van der Waals surface area contributed by atoms with E-state index in [0.717, 1.165) is 11.8 Å². The van der Waals surface area contributed by atoms with Crippen molar-refractivity contribution >= 4 is 34.7 Å². The molecule has 1 N–H and O–H groups in total. The van der Waals surface area contributed by atoms with Crippen LogP contribution in [0.5, 0.6) is 5.75 Å². The molecule has 0 aliphatic rings. The minimum absolute atomic E-state index is 0.0396. The summed E-state index contributed by atoms with van der Waals surface area (Å²) in [6.07, 6.45) is 0. The van der Waals surface area contributed by atoms with Gasteiger partial charge in [-0.15, -0.1) is 0 Å². The number of carboxylic acids is 1. The molecule has 0 fully saturated rings. The van der Waals surface area contributed by atoms with Crippen LogP contribution in [0.2, 0.25) is 0 Å². The van der Waals surface area contributed by atoms with Crippen LogP contribution in [0.4, 0.5) is 0 Å². The number of esters is 1. The zero-order chi connectivity index (χ0) is 15.4. The molecule has 1 heterocycles. The summed E-state index contributed by atoms with van der Waals surface area (Å²) >= 11 is 1.05. The molecule has 0 saturated carbocycles. The van der Waals surface area contributed by atoms with Gasteiger partial charge in [0.1, 0.15) is 12.3 Å². The largest absolute Gasteiger partial charge is 0.497 e. The molecular weight excluding hydrogens is 296 g/mol. The average Bonchev–Trinajstić information content (AvgIpc) is 2.82. The summed E-state index contributed by atoms with van der Waals surface area (Å²) < 4.78 is 11.4. The summed E-state index contributed by atoms with van der Waals surface area (Å²) in [4.78, 5) is 26.6. The van der Waals surface area contributed by atoms with E-state index < -0.39 is 11.9 Å². The minimum atomic E-state index is -0.950. The fourth-order valence-corrected chi connectivity index (χ4v) is 2.52. The van der Waals surface area contributed by atoms with Crippen molar-refractivity contribution in [3.8, 4) is 5.75 Å². The Bertz CT molecular complexity index is 682. The predicted molar refractivity (Wildman–Crippen MR) is 76.7 cm³/mol. The molecule has 1 aromatic carbocycles. The number of methoxy groups -OCH3 is 2. The van der Waals surface area contributed by atoms with Gasteiger partial charge in [-0.3, -0.25) is 9.59 Å². The van der Waals surface area contributed by atoms with Crippen LogP contribution in [0, 0.1) is 0 Å². The number of carbonyl (C=O) groups excluding carboxylic acids is 1. The molecule has 7 nitrogen and oxygen atoms in total. The lowest BCUT2D eigenvalue weighted by Crippen LogP contribution is -2.13. The molecule has 0 aliphatic carbocycles. The molecular formula is C13H14N2O5S. The summed E-state index contributed by atoms with van der Waals surface area (Å²) in [5, 5.41) is 9.23. The molecule has 0 spiro atoms. The van der Waals surface area contributed by atoms with E-state index in [0.29, 0.717) is 21.9 Å². The second kappa shape index (κ2) is 6.49. The molecule has 0 amide bonds. The number of thioether (sulfide) groups is 1. The van der Waals surface area contributed by atoms with Gasteiger partial charge in [0, 0.05) is 6.07 Å². The number of hydrogen-bond acceptors (Lipinski definition) is 6. The van der Waals surface area contributed by atoms with Crippen molar-refractivity contribution in [2.75, 3.05) is 20.0 Å². The van der Waals surface area contributed by atoms with Gasteiger partial charge in [0.2, 0.25) is 0 Å². The van der Waals surface area contributed by atoms with Gasteiger partial charge in [0.05, 0.1) is 31.0 Å². The number of aliphatic carboxylic acids is 1. The summed E-state index contributed by atoms with van der Waals surface area (Å²) in [7, 11) is 2.84. The zero-order valence-electron chi connectivity index (χ0n) is 11.5. The van der Waals surface area contributed by atoms with E-state index >= 15 is 0 Å². The molecule has 0 atom stereocenters. The van der Waals surface area contributed by atoms with Crippen LogP contribution in [0.3, 0.4) is 0 Å². The van der Waals surface area contributed by atoms with Gasteiger partial charge >= 0.3 is 11.9 Å². The van der Waals surface area contributed by atoms with Gasteiger partial charge in [-0.25, -0.2) is 4.98 Å². The van der Waals surface area contributed by atoms with Gasteiger partial charge in [0.15, 0.2) is 5.16 Å². The van der Waals surface area contributed by atoms with Crippen molar-refractivity contribution in [2.24, 2.45) is 0 Å². The van der Waals surface area contributed by atoms with Gasteiger partial charge in [-0.1, -0.05) is 11.8 Å². The Kier molecular flexibility index (Phi) is 4.69. The fraction of sp³-hybridized carbons (Fsp3) is 0.308.